The van der Waals surface area contributed by atoms with Gasteiger partial charge in [0.05, 0.1) is 6.26 Å². The fraction of sp³-hybridized carbons (Fsp3) is 0.571. The van der Waals surface area contributed by atoms with Crippen LogP contribution in [0, 0.1) is 0 Å². The summed E-state index contributed by atoms with van der Waals surface area (Å²) in [6, 6.07) is 3.27. The lowest BCUT2D eigenvalue weighted by Crippen LogP contribution is -2.46. The number of urea groups is 1. The van der Waals surface area contributed by atoms with E-state index in [2.05, 4.69) is 10.6 Å². The van der Waals surface area contributed by atoms with E-state index in [1.54, 1.807) is 19.1 Å². The summed E-state index contributed by atoms with van der Waals surface area (Å²) >= 11 is 0. The van der Waals surface area contributed by atoms with Crippen LogP contribution in [-0.4, -0.2) is 36.0 Å². The SMILES string of the molecule is CC1(c2ccco2)NC(=O)N(CC2CCCCN2)C1=O. The highest BCUT2D eigenvalue weighted by atomic mass is 16.3. The van der Waals surface area contributed by atoms with E-state index in [4.69, 9.17) is 4.42 Å². The quantitative estimate of drug-likeness (QED) is 0.814. The van der Waals surface area contributed by atoms with Crippen molar-refractivity contribution in [1.29, 1.82) is 0 Å². The monoisotopic (exact) mass is 277 g/mol. The van der Waals surface area contributed by atoms with E-state index < -0.39 is 5.54 Å². The van der Waals surface area contributed by atoms with Crippen molar-refractivity contribution < 1.29 is 14.0 Å². The van der Waals surface area contributed by atoms with Gasteiger partial charge < -0.3 is 15.1 Å². The zero-order valence-electron chi connectivity index (χ0n) is 11.5. The van der Waals surface area contributed by atoms with Crippen LogP contribution in [0.4, 0.5) is 4.79 Å². The number of nitrogens with one attached hydrogen (secondary N) is 2. The van der Waals surface area contributed by atoms with Crippen molar-refractivity contribution in [2.75, 3.05) is 13.1 Å². The normalized spacial score (nSPS) is 30.6. The number of nitrogens with zero attached hydrogens (tertiary/aromatic N) is 1. The van der Waals surface area contributed by atoms with Crippen molar-refractivity contribution in [3.05, 3.63) is 24.2 Å². The van der Waals surface area contributed by atoms with Crippen LogP contribution in [0.15, 0.2) is 22.8 Å². The molecule has 0 saturated carbocycles. The summed E-state index contributed by atoms with van der Waals surface area (Å²) in [4.78, 5) is 26.0. The Morgan fingerprint density at radius 1 is 1.45 bits per heavy atom. The minimum atomic E-state index is -1.09. The van der Waals surface area contributed by atoms with E-state index in [-0.39, 0.29) is 18.0 Å². The average Bonchev–Trinajstić information content (AvgIpc) is 3.05. The number of rotatable bonds is 3. The summed E-state index contributed by atoms with van der Waals surface area (Å²) in [5, 5.41) is 6.09. The molecule has 2 fully saturated rings. The fourth-order valence-electron chi connectivity index (χ4n) is 2.89. The number of amides is 3. The summed E-state index contributed by atoms with van der Waals surface area (Å²) in [5.41, 5.74) is -1.09. The lowest BCUT2D eigenvalue weighted by Gasteiger charge is -2.27. The number of furan rings is 1. The predicted octanol–water partition coefficient (Wildman–Crippen LogP) is 1.19. The van der Waals surface area contributed by atoms with Crippen LogP contribution in [0.2, 0.25) is 0 Å². The van der Waals surface area contributed by atoms with Crippen LogP contribution in [0.25, 0.3) is 0 Å². The van der Waals surface area contributed by atoms with Gasteiger partial charge in [0.25, 0.3) is 5.91 Å². The molecular weight excluding hydrogens is 258 g/mol. The fourth-order valence-corrected chi connectivity index (χ4v) is 2.89. The Bertz CT molecular complexity index is 508. The van der Waals surface area contributed by atoms with Gasteiger partial charge in [0.2, 0.25) is 0 Å². The first-order valence-electron chi connectivity index (χ1n) is 7.03. The smallest absolute Gasteiger partial charge is 0.325 e. The highest BCUT2D eigenvalue weighted by Crippen LogP contribution is 2.29. The summed E-state index contributed by atoms with van der Waals surface area (Å²) in [6.45, 7) is 3.05. The van der Waals surface area contributed by atoms with Crippen molar-refractivity contribution in [3.8, 4) is 0 Å². The number of carbonyl (C=O) groups excluding carboxylic acids is 2. The molecule has 108 valence electrons. The van der Waals surface area contributed by atoms with E-state index in [0.717, 1.165) is 25.8 Å². The highest BCUT2D eigenvalue weighted by Gasteiger charge is 2.51. The molecule has 0 bridgehead atoms. The zero-order chi connectivity index (χ0) is 14.2. The standard InChI is InChI=1S/C14H19N3O3/c1-14(11-6-4-8-20-11)12(18)17(13(19)16-14)9-10-5-2-3-7-15-10/h4,6,8,10,15H,2-3,5,7,9H2,1H3,(H,16,19). The number of carbonyl (C=O) groups is 2. The molecule has 1 aromatic rings. The molecule has 6 nitrogen and oxygen atoms in total. The maximum atomic E-state index is 12.6. The first kappa shape index (κ1) is 13.2. The molecule has 2 aliphatic heterocycles. The molecule has 2 aliphatic rings. The maximum Gasteiger partial charge on any atom is 0.325 e. The molecule has 0 radical (unpaired) electrons. The molecule has 0 aliphatic carbocycles. The Kier molecular flexibility index (Phi) is 3.25. The molecule has 2 saturated heterocycles. The molecule has 2 unspecified atom stereocenters. The van der Waals surface area contributed by atoms with Gasteiger partial charge in [-0.25, -0.2) is 4.79 Å². The second-order valence-electron chi connectivity index (χ2n) is 5.60. The second kappa shape index (κ2) is 4.94. The van der Waals surface area contributed by atoms with E-state index in [1.807, 2.05) is 0 Å². The largest absolute Gasteiger partial charge is 0.466 e. The van der Waals surface area contributed by atoms with Crippen molar-refractivity contribution in [3.63, 3.8) is 0 Å². The Balaban J connectivity index is 1.76. The van der Waals surface area contributed by atoms with Gasteiger partial charge in [0.15, 0.2) is 5.54 Å². The van der Waals surface area contributed by atoms with Gasteiger partial charge in [-0.15, -0.1) is 0 Å². The van der Waals surface area contributed by atoms with Crippen LogP contribution in [0.3, 0.4) is 0 Å². The van der Waals surface area contributed by atoms with E-state index in [9.17, 15) is 9.59 Å². The van der Waals surface area contributed by atoms with Gasteiger partial charge in [0, 0.05) is 12.6 Å². The summed E-state index contributed by atoms with van der Waals surface area (Å²) in [5.74, 6) is 0.222. The molecule has 3 heterocycles. The third kappa shape index (κ3) is 2.10. The molecule has 3 amide bonds. The van der Waals surface area contributed by atoms with Gasteiger partial charge in [-0.05, 0) is 38.4 Å². The van der Waals surface area contributed by atoms with Crippen LogP contribution in [0.5, 0.6) is 0 Å². The Morgan fingerprint density at radius 3 is 2.95 bits per heavy atom. The maximum absolute atomic E-state index is 12.6. The van der Waals surface area contributed by atoms with Gasteiger partial charge in [-0.3, -0.25) is 9.69 Å². The van der Waals surface area contributed by atoms with Crippen molar-refractivity contribution in [2.45, 2.75) is 37.8 Å². The van der Waals surface area contributed by atoms with Crippen molar-refractivity contribution >= 4 is 11.9 Å². The molecule has 20 heavy (non-hydrogen) atoms. The van der Waals surface area contributed by atoms with Gasteiger partial charge in [-0.1, -0.05) is 6.42 Å². The van der Waals surface area contributed by atoms with Crippen molar-refractivity contribution in [2.24, 2.45) is 0 Å². The molecule has 2 N–H and O–H groups in total. The van der Waals surface area contributed by atoms with E-state index in [0.29, 0.717) is 12.3 Å². The van der Waals surface area contributed by atoms with Crippen LogP contribution in [-0.2, 0) is 10.3 Å². The predicted molar refractivity (Wildman–Crippen MR) is 71.9 cm³/mol. The topological polar surface area (TPSA) is 74.6 Å². The summed E-state index contributed by atoms with van der Waals surface area (Å²) < 4.78 is 5.30. The minimum absolute atomic E-state index is 0.192. The number of hydrogen-bond acceptors (Lipinski definition) is 4. The third-order valence-corrected chi connectivity index (χ3v) is 4.10. The lowest BCUT2D eigenvalue weighted by molar-refractivity contribution is -0.131. The second-order valence-corrected chi connectivity index (χ2v) is 5.60. The molecule has 0 aromatic carbocycles. The number of piperidine rings is 1. The van der Waals surface area contributed by atoms with Gasteiger partial charge in [-0.2, -0.15) is 0 Å². The molecule has 0 spiro atoms. The average molecular weight is 277 g/mol. The minimum Gasteiger partial charge on any atom is -0.466 e. The van der Waals surface area contributed by atoms with Gasteiger partial charge >= 0.3 is 6.03 Å². The first-order valence-corrected chi connectivity index (χ1v) is 7.03. The zero-order valence-corrected chi connectivity index (χ0v) is 11.5. The highest BCUT2D eigenvalue weighted by molar-refractivity contribution is 6.06. The van der Waals surface area contributed by atoms with Crippen molar-refractivity contribution in [1.82, 2.24) is 15.5 Å². The molecule has 2 atom stereocenters. The number of imide groups is 1. The Morgan fingerprint density at radius 2 is 2.30 bits per heavy atom. The van der Waals surface area contributed by atoms with Crippen LogP contribution in [0.1, 0.15) is 31.9 Å². The third-order valence-electron chi connectivity index (χ3n) is 4.10. The number of hydrogen-bond donors (Lipinski definition) is 2. The molecule has 1 aromatic heterocycles. The van der Waals surface area contributed by atoms with Crippen LogP contribution >= 0.6 is 0 Å². The molecule has 6 heteroatoms. The Hall–Kier alpha value is -1.82. The first-order chi connectivity index (χ1) is 9.61. The molecular formula is C14H19N3O3. The Labute approximate surface area is 117 Å². The summed E-state index contributed by atoms with van der Waals surface area (Å²) in [6.07, 6.45) is 4.79. The summed E-state index contributed by atoms with van der Waals surface area (Å²) in [7, 11) is 0. The van der Waals surface area contributed by atoms with Gasteiger partial charge in [0.1, 0.15) is 5.76 Å². The lowest BCUT2D eigenvalue weighted by atomic mass is 9.98. The molecule has 3 rings (SSSR count). The van der Waals surface area contributed by atoms with E-state index in [1.165, 1.54) is 11.2 Å². The van der Waals surface area contributed by atoms with E-state index >= 15 is 0 Å². The van der Waals surface area contributed by atoms with Crippen LogP contribution < -0.4 is 10.6 Å².